The monoisotopic (exact) mass is 267 g/mol. The molecule has 0 spiro atoms. The third-order valence-corrected chi connectivity index (χ3v) is 2.63. The molecule has 0 amide bonds. The summed E-state index contributed by atoms with van der Waals surface area (Å²) in [4.78, 5) is 0. The molecule has 1 heterocycles. The van der Waals surface area contributed by atoms with Crippen molar-refractivity contribution in [1.82, 2.24) is 5.16 Å². The number of ether oxygens (including phenoxy) is 1. The summed E-state index contributed by atoms with van der Waals surface area (Å²) in [7, 11) is 1.65. The van der Waals surface area contributed by atoms with Crippen LogP contribution in [-0.4, -0.2) is 12.3 Å². The number of methoxy groups -OCH3 is 1. The number of alkyl halides is 1. The van der Waals surface area contributed by atoms with E-state index in [2.05, 4.69) is 21.1 Å². The first-order chi connectivity index (χ1) is 7.33. The van der Waals surface area contributed by atoms with Gasteiger partial charge in [0.2, 0.25) is 0 Å². The van der Waals surface area contributed by atoms with Crippen molar-refractivity contribution in [2.45, 2.75) is 5.33 Å². The van der Waals surface area contributed by atoms with Crippen LogP contribution >= 0.6 is 15.9 Å². The van der Waals surface area contributed by atoms with Gasteiger partial charge >= 0.3 is 0 Å². The molecule has 0 unspecified atom stereocenters. The number of nitrogens with zero attached hydrogens (tertiary/aromatic N) is 1. The van der Waals surface area contributed by atoms with Crippen LogP contribution in [0.25, 0.3) is 11.3 Å². The lowest BCUT2D eigenvalue weighted by molar-refractivity contribution is 0.398. The van der Waals surface area contributed by atoms with E-state index in [0.29, 0.717) is 5.33 Å². The normalized spacial score (nSPS) is 10.3. The Morgan fingerprint density at radius 3 is 2.60 bits per heavy atom. The van der Waals surface area contributed by atoms with Crippen LogP contribution in [0.3, 0.4) is 0 Å². The molecular weight excluding hydrogens is 258 g/mol. The van der Waals surface area contributed by atoms with E-state index in [-0.39, 0.29) is 0 Å². The summed E-state index contributed by atoms with van der Waals surface area (Å²) in [5, 5.41) is 4.64. The van der Waals surface area contributed by atoms with E-state index < -0.39 is 0 Å². The lowest BCUT2D eigenvalue weighted by Gasteiger charge is -1.99. The van der Waals surface area contributed by atoms with Crippen LogP contribution in [0.2, 0.25) is 0 Å². The first kappa shape index (κ1) is 10.2. The Kier molecular flexibility index (Phi) is 3.06. The second-order valence-electron chi connectivity index (χ2n) is 3.04. The fourth-order valence-electron chi connectivity index (χ4n) is 1.27. The summed E-state index contributed by atoms with van der Waals surface area (Å²) in [5.41, 5.74) is 1.86. The number of hydrogen-bond donors (Lipinski definition) is 0. The Labute approximate surface area is 96.2 Å². The quantitative estimate of drug-likeness (QED) is 0.801. The highest BCUT2D eigenvalue weighted by Gasteiger charge is 2.05. The molecule has 0 aliphatic rings. The maximum absolute atomic E-state index is 5.10. The van der Waals surface area contributed by atoms with Gasteiger partial charge in [0.15, 0.2) is 0 Å². The lowest BCUT2D eigenvalue weighted by atomic mass is 10.1. The average Bonchev–Trinajstić information content (AvgIpc) is 2.78. The van der Waals surface area contributed by atoms with Gasteiger partial charge in [-0.1, -0.05) is 21.1 Å². The van der Waals surface area contributed by atoms with Crippen molar-refractivity contribution in [3.63, 3.8) is 0 Å². The van der Waals surface area contributed by atoms with Crippen LogP contribution in [0.5, 0.6) is 5.75 Å². The van der Waals surface area contributed by atoms with Gasteiger partial charge in [-0.15, -0.1) is 0 Å². The minimum atomic E-state index is 0.677. The van der Waals surface area contributed by atoms with E-state index in [9.17, 15) is 0 Å². The van der Waals surface area contributed by atoms with Crippen LogP contribution < -0.4 is 4.74 Å². The second kappa shape index (κ2) is 4.49. The minimum absolute atomic E-state index is 0.677. The molecule has 0 saturated heterocycles. The maximum atomic E-state index is 5.10. The fraction of sp³-hybridized carbons (Fsp3) is 0.182. The summed E-state index contributed by atoms with van der Waals surface area (Å²) < 4.78 is 10.2. The standard InChI is InChI=1S/C11H10BrNO2/c1-14-9-4-2-8(3-5-9)11-6-10(7-12)15-13-11/h2-6H,7H2,1H3. The SMILES string of the molecule is COc1ccc(-c2cc(CBr)on2)cc1. The molecule has 2 aromatic rings. The van der Waals surface area contributed by atoms with Crippen LogP contribution in [0.15, 0.2) is 34.9 Å². The van der Waals surface area contributed by atoms with Gasteiger partial charge in [0.1, 0.15) is 17.2 Å². The van der Waals surface area contributed by atoms with Crippen molar-refractivity contribution in [2.75, 3.05) is 7.11 Å². The third kappa shape index (κ3) is 2.21. The summed E-state index contributed by atoms with van der Waals surface area (Å²) in [5.74, 6) is 1.66. The molecule has 0 radical (unpaired) electrons. The van der Waals surface area contributed by atoms with Crippen LogP contribution in [0.1, 0.15) is 5.76 Å². The van der Waals surface area contributed by atoms with Crippen LogP contribution in [0.4, 0.5) is 0 Å². The van der Waals surface area contributed by atoms with Crippen molar-refractivity contribution >= 4 is 15.9 Å². The smallest absolute Gasteiger partial charge is 0.147 e. The second-order valence-corrected chi connectivity index (χ2v) is 3.60. The van der Waals surface area contributed by atoms with E-state index in [1.54, 1.807) is 7.11 Å². The summed E-state index contributed by atoms with van der Waals surface area (Å²) >= 11 is 3.31. The number of hydrogen-bond acceptors (Lipinski definition) is 3. The van der Waals surface area contributed by atoms with Gasteiger partial charge in [0.25, 0.3) is 0 Å². The molecule has 3 nitrogen and oxygen atoms in total. The number of halogens is 1. The molecule has 0 aliphatic carbocycles. The predicted molar refractivity (Wildman–Crippen MR) is 61.1 cm³/mol. The van der Waals surface area contributed by atoms with Crippen LogP contribution in [-0.2, 0) is 5.33 Å². The molecule has 1 aromatic heterocycles. The van der Waals surface area contributed by atoms with Gasteiger partial charge in [0.05, 0.1) is 12.4 Å². The lowest BCUT2D eigenvalue weighted by Crippen LogP contribution is -1.82. The van der Waals surface area contributed by atoms with E-state index in [0.717, 1.165) is 22.8 Å². The van der Waals surface area contributed by atoms with Gasteiger partial charge in [-0.2, -0.15) is 0 Å². The van der Waals surface area contributed by atoms with Gasteiger partial charge in [0, 0.05) is 11.6 Å². The number of benzene rings is 1. The zero-order chi connectivity index (χ0) is 10.7. The molecule has 15 heavy (non-hydrogen) atoms. The molecule has 1 aromatic carbocycles. The van der Waals surface area contributed by atoms with E-state index >= 15 is 0 Å². The highest BCUT2D eigenvalue weighted by atomic mass is 79.9. The number of aromatic nitrogens is 1. The van der Waals surface area contributed by atoms with E-state index in [1.807, 2.05) is 30.3 Å². The Hall–Kier alpha value is -1.29. The van der Waals surface area contributed by atoms with E-state index in [1.165, 1.54) is 0 Å². The summed E-state index contributed by atoms with van der Waals surface area (Å²) in [6.07, 6.45) is 0. The summed E-state index contributed by atoms with van der Waals surface area (Å²) in [6.45, 7) is 0. The Balaban J connectivity index is 2.28. The highest BCUT2D eigenvalue weighted by molar-refractivity contribution is 9.08. The number of rotatable bonds is 3. The van der Waals surface area contributed by atoms with Gasteiger partial charge in [-0.3, -0.25) is 0 Å². The van der Waals surface area contributed by atoms with Gasteiger partial charge < -0.3 is 9.26 Å². The van der Waals surface area contributed by atoms with Crippen LogP contribution in [0, 0.1) is 0 Å². The van der Waals surface area contributed by atoms with Crippen molar-refractivity contribution in [2.24, 2.45) is 0 Å². The Morgan fingerprint density at radius 2 is 2.07 bits per heavy atom. The molecule has 0 aliphatic heterocycles. The van der Waals surface area contributed by atoms with Gasteiger partial charge in [-0.05, 0) is 24.3 Å². The molecule has 0 bridgehead atoms. The Morgan fingerprint density at radius 1 is 1.33 bits per heavy atom. The predicted octanol–water partition coefficient (Wildman–Crippen LogP) is 3.25. The first-order valence-electron chi connectivity index (χ1n) is 4.49. The Bertz CT molecular complexity index is 436. The van der Waals surface area contributed by atoms with E-state index in [4.69, 9.17) is 9.26 Å². The highest BCUT2D eigenvalue weighted by Crippen LogP contribution is 2.22. The molecule has 0 saturated carbocycles. The molecule has 2 rings (SSSR count). The van der Waals surface area contributed by atoms with Crippen molar-refractivity contribution in [3.05, 3.63) is 36.1 Å². The molecule has 0 atom stereocenters. The van der Waals surface area contributed by atoms with Crippen molar-refractivity contribution in [3.8, 4) is 17.0 Å². The fourth-order valence-corrected chi connectivity index (χ4v) is 1.54. The largest absolute Gasteiger partial charge is 0.497 e. The summed E-state index contributed by atoms with van der Waals surface area (Å²) in [6, 6.07) is 9.62. The zero-order valence-corrected chi connectivity index (χ0v) is 9.82. The molecule has 4 heteroatoms. The van der Waals surface area contributed by atoms with Crippen molar-refractivity contribution < 1.29 is 9.26 Å². The molecule has 0 N–H and O–H groups in total. The maximum Gasteiger partial charge on any atom is 0.147 e. The molecule has 0 fully saturated rings. The minimum Gasteiger partial charge on any atom is -0.497 e. The zero-order valence-electron chi connectivity index (χ0n) is 8.24. The average molecular weight is 268 g/mol. The molecule has 78 valence electrons. The first-order valence-corrected chi connectivity index (χ1v) is 5.61. The molecular formula is C11H10BrNO2. The van der Waals surface area contributed by atoms with Gasteiger partial charge in [-0.25, -0.2) is 0 Å². The topological polar surface area (TPSA) is 35.3 Å². The third-order valence-electron chi connectivity index (χ3n) is 2.08. The van der Waals surface area contributed by atoms with Crippen molar-refractivity contribution in [1.29, 1.82) is 0 Å².